The molecule has 0 aliphatic carbocycles. The maximum absolute atomic E-state index is 8.91. The summed E-state index contributed by atoms with van der Waals surface area (Å²) in [6.45, 7) is 38.2. The molecule has 0 aromatic rings. The lowest BCUT2D eigenvalue weighted by Crippen LogP contribution is -2.33. The van der Waals surface area contributed by atoms with E-state index in [1.165, 1.54) is 122 Å². The first kappa shape index (κ1) is 66.3. The van der Waals surface area contributed by atoms with Gasteiger partial charge in [0.1, 0.15) is 0 Å². The number of nitrogens with zero attached hydrogens (tertiary/aromatic N) is 2. The quantitative estimate of drug-likeness (QED) is 0.0482. The normalized spacial score (nSPS) is 15.0. The third-order valence-corrected chi connectivity index (χ3v) is 13.7. The summed E-state index contributed by atoms with van der Waals surface area (Å²) in [5, 5.41) is 24.8. The number of hydrogen-bond acceptors (Lipinski definition) is 6. The minimum Gasteiger partial charge on any atom is -0.400 e. The fourth-order valence-electron chi connectivity index (χ4n) is 7.74. The van der Waals surface area contributed by atoms with Crippen molar-refractivity contribution in [2.24, 2.45) is 47.3 Å². The van der Waals surface area contributed by atoms with E-state index in [4.69, 9.17) is 24.5 Å². The molecule has 0 spiro atoms. The van der Waals surface area contributed by atoms with Crippen LogP contribution >= 0.6 is 8.53 Å². The van der Waals surface area contributed by atoms with E-state index in [-0.39, 0.29) is 0 Å². The van der Waals surface area contributed by atoms with Gasteiger partial charge in [-0.1, -0.05) is 205 Å². The van der Waals surface area contributed by atoms with Crippen LogP contribution < -0.4 is 0 Å². The monoisotopic (exact) mass is 873 g/mol. The molecule has 0 aromatic heterocycles. The molecular formula is C53H113N2O4P. The average Bonchev–Trinajstić information content (AvgIpc) is 3.15. The zero-order valence-corrected chi connectivity index (χ0v) is 44.9. The van der Waals surface area contributed by atoms with Crippen molar-refractivity contribution in [1.29, 1.82) is 5.26 Å². The first-order chi connectivity index (χ1) is 28.4. The molecular weight excluding hydrogens is 760 g/mol. The van der Waals surface area contributed by atoms with Crippen LogP contribution in [-0.2, 0) is 9.05 Å². The minimum absolute atomic E-state index is 0.353. The van der Waals surface area contributed by atoms with E-state index < -0.39 is 8.53 Å². The molecule has 0 aliphatic rings. The molecule has 0 rings (SSSR count). The highest BCUT2D eigenvalue weighted by Crippen LogP contribution is 2.46. The largest absolute Gasteiger partial charge is 0.400 e. The fourth-order valence-corrected chi connectivity index (χ4v) is 9.34. The predicted molar refractivity (Wildman–Crippen MR) is 269 cm³/mol. The Morgan fingerprint density at radius 2 is 0.717 bits per heavy atom. The Balaban J connectivity index is -0.000000514. The van der Waals surface area contributed by atoms with Gasteiger partial charge in [0.05, 0.1) is 25.7 Å². The molecule has 0 heterocycles. The van der Waals surface area contributed by atoms with Crippen LogP contribution in [0.1, 0.15) is 252 Å². The Hall–Kier alpha value is -0.280. The Bertz CT molecular complexity index is 858. The Kier molecular flexibility index (Phi) is 53.3. The topological polar surface area (TPSA) is 86.0 Å². The van der Waals surface area contributed by atoms with Crippen LogP contribution in [-0.4, -0.2) is 53.9 Å². The molecule has 7 atom stereocenters. The second-order valence-electron chi connectivity index (χ2n) is 20.4. The second kappa shape index (κ2) is 48.2. The van der Waals surface area contributed by atoms with E-state index in [1.807, 2.05) is 0 Å². The predicted octanol–water partition coefficient (Wildman–Crippen LogP) is 17.2. The van der Waals surface area contributed by atoms with Crippen LogP contribution in [0, 0.1) is 58.7 Å². The van der Waals surface area contributed by atoms with Gasteiger partial charge in [-0.3, -0.25) is 0 Å². The highest BCUT2D eigenvalue weighted by atomic mass is 31.2. The lowest BCUT2D eigenvalue weighted by molar-refractivity contribution is 0.169. The molecule has 0 amide bonds. The Labute approximate surface area is 380 Å². The van der Waals surface area contributed by atoms with Gasteiger partial charge in [0.15, 0.2) is 0 Å². The van der Waals surface area contributed by atoms with Gasteiger partial charge in [-0.25, -0.2) is 4.67 Å². The Morgan fingerprint density at radius 1 is 0.450 bits per heavy atom. The van der Waals surface area contributed by atoms with Gasteiger partial charge in [0, 0.05) is 25.8 Å². The number of rotatable bonds is 36. The third kappa shape index (κ3) is 48.7. The van der Waals surface area contributed by atoms with Crippen LogP contribution in [0.4, 0.5) is 0 Å². The molecule has 0 radical (unpaired) electrons. The highest BCUT2D eigenvalue weighted by molar-refractivity contribution is 7.44. The molecule has 2 N–H and O–H groups in total. The summed E-state index contributed by atoms with van der Waals surface area (Å²) < 4.78 is 14.6. The summed E-state index contributed by atoms with van der Waals surface area (Å²) in [4.78, 5) is 0. The van der Waals surface area contributed by atoms with Crippen molar-refractivity contribution in [2.45, 2.75) is 264 Å². The lowest BCUT2D eigenvalue weighted by atomic mass is 9.91. The van der Waals surface area contributed by atoms with Crippen molar-refractivity contribution >= 4 is 8.53 Å². The van der Waals surface area contributed by atoms with Crippen molar-refractivity contribution in [3.05, 3.63) is 0 Å². The Morgan fingerprint density at radius 3 is 0.983 bits per heavy atom. The molecule has 7 heteroatoms. The smallest absolute Gasteiger partial charge is 0.259 e. The highest BCUT2D eigenvalue weighted by Gasteiger charge is 2.27. The summed E-state index contributed by atoms with van der Waals surface area (Å²) in [6.07, 6.45) is 28.5. The fraction of sp³-hybridized carbons (Fsp3) is 0.981. The van der Waals surface area contributed by atoms with Gasteiger partial charge in [-0.15, -0.1) is 0 Å². The molecule has 0 bridgehead atoms. The summed E-state index contributed by atoms with van der Waals surface area (Å²) in [5.41, 5.74) is 0. The molecule has 0 saturated carbocycles. The van der Waals surface area contributed by atoms with E-state index in [1.54, 1.807) is 0 Å². The number of aliphatic hydroxyl groups is 2. The molecule has 7 unspecified atom stereocenters. The molecule has 0 aliphatic heterocycles. The maximum Gasteiger partial charge on any atom is 0.259 e. The zero-order chi connectivity index (χ0) is 46.7. The second-order valence-corrected chi connectivity index (χ2v) is 21.8. The molecule has 0 saturated heterocycles. The number of hydrogen-bond donors (Lipinski definition) is 2. The number of aliphatic hydroxyl groups excluding tert-OH is 2. The molecule has 60 heavy (non-hydrogen) atoms. The van der Waals surface area contributed by atoms with Gasteiger partial charge >= 0.3 is 0 Å². The maximum atomic E-state index is 8.91. The molecule has 0 aromatic carbocycles. The van der Waals surface area contributed by atoms with E-state index >= 15 is 0 Å². The van der Waals surface area contributed by atoms with Crippen molar-refractivity contribution in [3.63, 3.8) is 0 Å². The average molecular weight is 873 g/mol. The van der Waals surface area contributed by atoms with Crippen molar-refractivity contribution in [3.8, 4) is 6.07 Å². The first-order valence-electron chi connectivity index (χ1n) is 25.7. The van der Waals surface area contributed by atoms with E-state index in [9.17, 15) is 0 Å². The lowest BCUT2D eigenvalue weighted by Gasteiger charge is -2.35. The van der Waals surface area contributed by atoms with E-state index in [2.05, 4.69) is 122 Å². The van der Waals surface area contributed by atoms with Crippen LogP contribution in [0.2, 0.25) is 0 Å². The van der Waals surface area contributed by atoms with Gasteiger partial charge < -0.3 is 19.3 Å². The van der Waals surface area contributed by atoms with Gasteiger partial charge in [-0.05, 0) is 87.9 Å². The first-order valence-corrected chi connectivity index (χ1v) is 26.8. The molecule has 364 valence electrons. The minimum atomic E-state index is -1.11. The van der Waals surface area contributed by atoms with E-state index in [0.717, 1.165) is 62.1 Å². The molecule has 0 fully saturated rings. The van der Waals surface area contributed by atoms with Crippen LogP contribution in [0.3, 0.4) is 0 Å². The standard InChI is InChI=1S/C29H59N2O2P.C20H42O.C3H8.CH4O/c1-24(2)14-10-15-27(7)16-11-17-28(8)18-12-19-29(9)20-23-33-34(32-22-13-21-30)31(25(3)4)26(5)6;1-17(2)9-6-10-18(3)11-7-12-19(4)13-8-14-20(5)15-16-21;1-3-2;1-2/h24-29H,10-20,22-23H2,1-9H3;17-21H,6-16H2,1-5H3;3H2,1-2H3;2H,1H3. The summed E-state index contributed by atoms with van der Waals surface area (Å²) in [6, 6.07) is 2.88. The van der Waals surface area contributed by atoms with E-state index in [0.29, 0.717) is 43.6 Å². The van der Waals surface area contributed by atoms with Gasteiger partial charge in [0.25, 0.3) is 8.53 Å². The summed E-state index contributed by atoms with van der Waals surface area (Å²) in [5.74, 6) is 6.63. The number of nitriles is 1. The van der Waals surface area contributed by atoms with Crippen molar-refractivity contribution in [1.82, 2.24) is 4.67 Å². The van der Waals surface area contributed by atoms with Crippen LogP contribution in [0.5, 0.6) is 0 Å². The van der Waals surface area contributed by atoms with Gasteiger partial charge in [0.2, 0.25) is 0 Å². The SMILES string of the molecule is CC(C)CCCC(C)CCCC(C)CCCC(C)CCO.CC(C)CCCC(C)CCCC(C)CCCC(C)CCOP(OCCC#N)N(C(C)C)C(C)C.CCC.CO. The van der Waals surface area contributed by atoms with Crippen LogP contribution in [0.15, 0.2) is 0 Å². The van der Waals surface area contributed by atoms with Crippen molar-refractivity contribution in [2.75, 3.05) is 26.9 Å². The summed E-state index contributed by atoms with van der Waals surface area (Å²) in [7, 11) is -0.106. The van der Waals surface area contributed by atoms with Crippen LogP contribution in [0.25, 0.3) is 0 Å². The van der Waals surface area contributed by atoms with Crippen molar-refractivity contribution < 1.29 is 19.3 Å². The third-order valence-electron chi connectivity index (χ3n) is 11.6. The molecule has 6 nitrogen and oxygen atoms in total. The summed E-state index contributed by atoms with van der Waals surface area (Å²) >= 11 is 0. The zero-order valence-electron chi connectivity index (χ0n) is 44.0. The van der Waals surface area contributed by atoms with Gasteiger partial charge in [-0.2, -0.15) is 5.26 Å².